The molecule has 150 valence electrons. The second kappa shape index (κ2) is 9.78. The van der Waals surface area contributed by atoms with E-state index in [-0.39, 0.29) is 23.7 Å². The predicted molar refractivity (Wildman–Crippen MR) is 104 cm³/mol. The van der Waals surface area contributed by atoms with Gasteiger partial charge in [-0.05, 0) is 42.8 Å². The number of hydrogen-bond donors (Lipinski definition) is 3. The number of β-amino-alcohol motifs (C(OH)–C–C–N with tert-alkyl or cyclic N) is 1. The van der Waals surface area contributed by atoms with Crippen molar-refractivity contribution in [2.75, 3.05) is 19.7 Å². The van der Waals surface area contributed by atoms with Crippen molar-refractivity contribution in [3.8, 4) is 6.07 Å². The summed E-state index contributed by atoms with van der Waals surface area (Å²) >= 11 is 9.73. The maximum Gasteiger partial charge on any atom is 0.142 e. The molecule has 10 heteroatoms. The van der Waals surface area contributed by atoms with Crippen LogP contribution in [0.25, 0.3) is 0 Å². The van der Waals surface area contributed by atoms with Crippen LogP contribution >= 0.6 is 24.2 Å². The van der Waals surface area contributed by atoms with Crippen LogP contribution < -0.4 is 0 Å². The van der Waals surface area contributed by atoms with E-state index in [4.69, 9.17) is 22.0 Å². The number of benzene rings is 2. The van der Waals surface area contributed by atoms with Crippen LogP contribution in [0.3, 0.4) is 0 Å². The first-order valence-corrected chi connectivity index (χ1v) is 9.96. The quantitative estimate of drug-likeness (QED) is 0.633. The first kappa shape index (κ1) is 22.7. The van der Waals surface area contributed by atoms with E-state index < -0.39 is 28.2 Å². The molecule has 2 aromatic rings. The number of nitrogens with zero attached hydrogens (tertiary/aromatic N) is 2. The Balaban J connectivity index is 0.000000237. The minimum Gasteiger partial charge on any atom is -0.393 e. The van der Waals surface area contributed by atoms with Gasteiger partial charge in [-0.15, -0.1) is 12.6 Å². The molecule has 0 spiro atoms. The summed E-state index contributed by atoms with van der Waals surface area (Å²) in [5.41, 5.74) is -1.17. The molecule has 2 atom stereocenters. The highest BCUT2D eigenvalue weighted by molar-refractivity contribution is 7.82. The largest absolute Gasteiger partial charge is 0.393 e. The molecule has 28 heavy (non-hydrogen) atoms. The molecule has 0 aliphatic carbocycles. The zero-order valence-corrected chi connectivity index (χ0v) is 16.9. The summed E-state index contributed by atoms with van der Waals surface area (Å²) in [6, 6.07) is 9.55. The third-order valence-corrected chi connectivity index (χ3v) is 6.20. The van der Waals surface area contributed by atoms with E-state index in [0.717, 1.165) is 6.07 Å². The highest BCUT2D eigenvalue weighted by Gasteiger charge is 2.38. The van der Waals surface area contributed by atoms with Gasteiger partial charge in [0.25, 0.3) is 0 Å². The molecule has 0 aromatic heterocycles. The molecule has 5 nitrogen and oxygen atoms in total. The Bertz CT molecular complexity index is 926. The topological polar surface area (TPSA) is 84.6 Å². The summed E-state index contributed by atoms with van der Waals surface area (Å²) in [6.45, 7) is 0.110. The zero-order chi connectivity index (χ0) is 20.9. The normalized spacial score (nSPS) is 20.2. The first-order valence-electron chi connectivity index (χ1n) is 8.03. The van der Waals surface area contributed by atoms with Gasteiger partial charge in [-0.3, -0.25) is 0 Å². The van der Waals surface area contributed by atoms with Crippen LogP contribution in [0.2, 0.25) is 5.02 Å². The summed E-state index contributed by atoms with van der Waals surface area (Å²) in [6.07, 6.45) is 0.341. The molecule has 0 saturated carbocycles. The molecule has 1 heterocycles. The van der Waals surface area contributed by atoms with Crippen LogP contribution in [-0.4, -0.2) is 44.0 Å². The third-order valence-electron chi connectivity index (χ3n) is 3.98. The molecule has 2 aromatic carbocycles. The Morgan fingerprint density at radius 2 is 2.04 bits per heavy atom. The van der Waals surface area contributed by atoms with Crippen molar-refractivity contribution in [1.82, 2.24) is 4.31 Å². The smallest absolute Gasteiger partial charge is 0.142 e. The number of halogens is 3. The molecule has 0 radical (unpaired) electrons. The first-order chi connectivity index (χ1) is 13.2. The fourth-order valence-corrected chi connectivity index (χ4v) is 4.30. The molecule has 1 aliphatic rings. The summed E-state index contributed by atoms with van der Waals surface area (Å²) in [4.78, 5) is 0.830. The van der Waals surface area contributed by atoms with Gasteiger partial charge < -0.3 is 10.2 Å². The number of thiol groups is 1. The van der Waals surface area contributed by atoms with Crippen LogP contribution in [0.5, 0.6) is 0 Å². The van der Waals surface area contributed by atoms with Crippen LogP contribution in [-0.2, 0) is 11.0 Å². The molecule has 2 N–H and O–H groups in total. The van der Waals surface area contributed by atoms with Crippen molar-refractivity contribution in [3.05, 3.63) is 58.6 Å². The Kier molecular flexibility index (Phi) is 7.95. The van der Waals surface area contributed by atoms with Crippen molar-refractivity contribution in [1.29, 1.82) is 5.26 Å². The molecule has 1 saturated heterocycles. The van der Waals surface area contributed by atoms with E-state index >= 15 is 0 Å². The van der Waals surface area contributed by atoms with Crippen LogP contribution in [0.4, 0.5) is 8.78 Å². The van der Waals surface area contributed by atoms with Gasteiger partial charge in [-0.1, -0.05) is 11.6 Å². The highest BCUT2D eigenvalue weighted by Crippen LogP contribution is 2.28. The maximum absolute atomic E-state index is 12.9. The molecule has 3 rings (SSSR count). The zero-order valence-electron chi connectivity index (χ0n) is 14.5. The Morgan fingerprint density at radius 1 is 1.32 bits per heavy atom. The Morgan fingerprint density at radius 3 is 2.57 bits per heavy atom. The SMILES string of the molecule is N#Cc1ccc(S)cc1F.O=S(c1ccc(F)cc1Cl)N1CCC(O)(CO)C1. The van der Waals surface area contributed by atoms with Crippen molar-refractivity contribution >= 4 is 35.2 Å². The number of nitriles is 1. The average molecular weight is 447 g/mol. The van der Waals surface area contributed by atoms with E-state index in [1.54, 1.807) is 12.1 Å². The van der Waals surface area contributed by atoms with E-state index in [1.807, 2.05) is 0 Å². The fraction of sp³-hybridized carbons (Fsp3) is 0.278. The second-order valence-electron chi connectivity index (χ2n) is 6.10. The lowest BCUT2D eigenvalue weighted by Gasteiger charge is -2.20. The lowest BCUT2D eigenvalue weighted by atomic mass is 10.1. The number of hydrogen-bond acceptors (Lipinski definition) is 5. The van der Waals surface area contributed by atoms with Crippen molar-refractivity contribution in [3.63, 3.8) is 0 Å². The molecule has 0 bridgehead atoms. The predicted octanol–water partition coefficient (Wildman–Crippen LogP) is 2.92. The molecule has 1 fully saturated rings. The Labute approximate surface area is 174 Å². The minimum absolute atomic E-state index is 0.0535. The van der Waals surface area contributed by atoms with E-state index in [9.17, 15) is 18.1 Å². The van der Waals surface area contributed by atoms with E-state index in [2.05, 4.69) is 12.6 Å². The maximum atomic E-state index is 12.9. The second-order valence-corrected chi connectivity index (χ2v) is 8.47. The van der Waals surface area contributed by atoms with Gasteiger partial charge in [0.1, 0.15) is 34.3 Å². The van der Waals surface area contributed by atoms with Crippen molar-refractivity contribution in [2.45, 2.75) is 21.8 Å². The summed E-state index contributed by atoms with van der Waals surface area (Å²) in [5.74, 6) is -1.01. The summed E-state index contributed by atoms with van der Waals surface area (Å²) in [5, 5.41) is 27.3. The summed E-state index contributed by atoms with van der Waals surface area (Å²) < 4.78 is 39.2. The van der Waals surface area contributed by atoms with Gasteiger partial charge in [0.2, 0.25) is 0 Å². The van der Waals surface area contributed by atoms with Gasteiger partial charge in [0, 0.05) is 18.0 Å². The summed E-state index contributed by atoms with van der Waals surface area (Å²) in [7, 11) is -1.56. The van der Waals surface area contributed by atoms with Gasteiger partial charge in [-0.2, -0.15) is 5.26 Å². The van der Waals surface area contributed by atoms with Crippen molar-refractivity contribution < 1.29 is 23.2 Å². The van der Waals surface area contributed by atoms with Gasteiger partial charge in [-0.25, -0.2) is 17.3 Å². The molecular weight excluding hydrogens is 430 g/mol. The number of aliphatic hydroxyl groups excluding tert-OH is 1. The standard InChI is InChI=1S/C11H13ClFNO3S.C7H4FNS/c12-9-5-8(13)1-2-10(9)18(17)14-4-3-11(16,6-14)7-15;8-7-3-6(10)2-1-5(7)4-9/h1-2,5,15-16H,3-4,6-7H2;1-3,10H. The minimum atomic E-state index is -1.56. The molecule has 0 amide bonds. The van der Waals surface area contributed by atoms with E-state index in [0.29, 0.717) is 22.8 Å². The van der Waals surface area contributed by atoms with Crippen LogP contribution in [0, 0.1) is 23.0 Å². The molecule has 2 unspecified atom stereocenters. The lowest BCUT2D eigenvalue weighted by Crippen LogP contribution is -2.37. The third kappa shape index (κ3) is 5.73. The van der Waals surface area contributed by atoms with Crippen molar-refractivity contribution in [2.24, 2.45) is 0 Å². The number of rotatable bonds is 3. The fourth-order valence-electron chi connectivity index (χ4n) is 2.44. The van der Waals surface area contributed by atoms with Gasteiger partial charge >= 0.3 is 0 Å². The van der Waals surface area contributed by atoms with Gasteiger partial charge in [0.15, 0.2) is 0 Å². The molecule has 1 aliphatic heterocycles. The van der Waals surface area contributed by atoms with Crippen LogP contribution in [0.15, 0.2) is 46.2 Å². The number of aliphatic hydroxyl groups is 2. The van der Waals surface area contributed by atoms with Gasteiger partial charge in [0.05, 0.1) is 22.1 Å². The molecular formula is C18H17ClF2N2O3S2. The Hall–Kier alpha value is -1.54. The average Bonchev–Trinajstić information content (AvgIpc) is 3.05. The van der Waals surface area contributed by atoms with Crippen LogP contribution in [0.1, 0.15) is 12.0 Å². The monoisotopic (exact) mass is 446 g/mol. The van der Waals surface area contributed by atoms with E-state index in [1.165, 1.54) is 28.6 Å². The highest BCUT2D eigenvalue weighted by atomic mass is 35.5. The lowest BCUT2D eigenvalue weighted by molar-refractivity contribution is -0.000503.